The van der Waals surface area contributed by atoms with E-state index >= 15 is 0 Å². The number of hydrogen-bond donors (Lipinski definition) is 3. The Kier molecular flexibility index (Phi) is 8.36. The van der Waals surface area contributed by atoms with E-state index < -0.39 is 11.9 Å². The summed E-state index contributed by atoms with van der Waals surface area (Å²) >= 11 is 6.97. The number of nitrogens with one attached hydrogen (secondary N) is 2. The maximum absolute atomic E-state index is 12.5. The van der Waals surface area contributed by atoms with Crippen molar-refractivity contribution >= 4 is 52.5 Å². The highest BCUT2D eigenvalue weighted by Crippen LogP contribution is 2.27. The fraction of sp³-hybridized carbons (Fsp3) is 0.192. The molecule has 0 aromatic heterocycles. The first-order valence-corrected chi connectivity index (χ1v) is 12.1. The van der Waals surface area contributed by atoms with Gasteiger partial charge in [0.15, 0.2) is 0 Å². The molecule has 0 spiro atoms. The van der Waals surface area contributed by atoms with Crippen molar-refractivity contribution in [1.29, 1.82) is 0 Å². The van der Waals surface area contributed by atoms with Gasteiger partial charge >= 0.3 is 5.97 Å². The van der Waals surface area contributed by atoms with Gasteiger partial charge in [0.2, 0.25) is 11.8 Å². The van der Waals surface area contributed by atoms with Crippen LogP contribution in [-0.4, -0.2) is 34.4 Å². The molecule has 3 rings (SSSR count). The Labute approximate surface area is 207 Å². The van der Waals surface area contributed by atoms with Crippen molar-refractivity contribution in [3.63, 3.8) is 0 Å². The van der Waals surface area contributed by atoms with Gasteiger partial charge in [-0.2, -0.15) is 0 Å². The third-order valence-corrected chi connectivity index (χ3v) is 6.19. The van der Waals surface area contributed by atoms with Crippen molar-refractivity contribution in [3.05, 3.63) is 81.9 Å². The van der Waals surface area contributed by atoms with Gasteiger partial charge in [-0.25, -0.2) is 4.79 Å². The molecule has 0 saturated carbocycles. The molecule has 0 aliphatic rings. The maximum atomic E-state index is 12.5. The van der Waals surface area contributed by atoms with Crippen molar-refractivity contribution in [1.82, 2.24) is 0 Å². The Morgan fingerprint density at radius 1 is 0.794 bits per heavy atom. The zero-order valence-electron chi connectivity index (χ0n) is 19.1. The lowest BCUT2D eigenvalue weighted by molar-refractivity contribution is -0.114. The fourth-order valence-electron chi connectivity index (χ4n) is 3.49. The minimum absolute atomic E-state index is 0.00328. The normalized spacial score (nSPS) is 10.6. The Morgan fingerprint density at radius 3 is 2.03 bits per heavy atom. The Balaban J connectivity index is 1.57. The molecule has 8 heteroatoms. The highest BCUT2D eigenvalue weighted by molar-refractivity contribution is 8.00. The van der Waals surface area contributed by atoms with Crippen LogP contribution in [0.5, 0.6) is 0 Å². The van der Waals surface area contributed by atoms with Gasteiger partial charge in [-0.1, -0.05) is 53.1 Å². The molecule has 0 heterocycles. The SMILES string of the molecule is Cc1cc(C)cc(-c2ccc(C)c(NC(=O)CSCC(=O)Nc3ccc(Cl)cc3C(=O)O)c2)c1. The number of halogens is 1. The summed E-state index contributed by atoms with van der Waals surface area (Å²) in [6.07, 6.45) is 0. The van der Waals surface area contributed by atoms with Crippen LogP contribution in [0.4, 0.5) is 11.4 Å². The zero-order chi connectivity index (χ0) is 24.8. The number of amides is 2. The van der Waals surface area contributed by atoms with Crippen molar-refractivity contribution < 1.29 is 19.5 Å². The molecule has 3 aromatic carbocycles. The second kappa shape index (κ2) is 11.2. The van der Waals surface area contributed by atoms with Gasteiger partial charge in [0.25, 0.3) is 0 Å². The second-order valence-electron chi connectivity index (χ2n) is 7.99. The molecule has 0 aliphatic heterocycles. The number of benzene rings is 3. The average Bonchev–Trinajstić information content (AvgIpc) is 2.75. The van der Waals surface area contributed by atoms with Crippen LogP contribution in [0.15, 0.2) is 54.6 Å². The van der Waals surface area contributed by atoms with Crippen molar-refractivity contribution in [2.75, 3.05) is 22.1 Å². The van der Waals surface area contributed by atoms with E-state index in [2.05, 4.69) is 42.7 Å². The third kappa shape index (κ3) is 6.85. The molecular formula is C26H25ClN2O4S. The molecular weight excluding hydrogens is 472 g/mol. The zero-order valence-corrected chi connectivity index (χ0v) is 20.6. The summed E-state index contributed by atoms with van der Waals surface area (Å²) in [6, 6.07) is 16.5. The summed E-state index contributed by atoms with van der Waals surface area (Å²) in [5.74, 6) is -1.75. The van der Waals surface area contributed by atoms with E-state index in [-0.39, 0.29) is 33.7 Å². The molecule has 0 fully saturated rings. The Bertz CT molecular complexity index is 1240. The quantitative estimate of drug-likeness (QED) is 0.358. The highest BCUT2D eigenvalue weighted by Gasteiger charge is 2.14. The van der Waals surface area contributed by atoms with E-state index in [1.54, 1.807) is 0 Å². The number of rotatable bonds is 8. The fourth-order valence-corrected chi connectivity index (χ4v) is 4.28. The van der Waals surface area contributed by atoms with Crippen LogP contribution in [0.2, 0.25) is 5.02 Å². The number of thioether (sulfide) groups is 1. The van der Waals surface area contributed by atoms with E-state index in [9.17, 15) is 19.5 Å². The predicted molar refractivity (Wildman–Crippen MR) is 139 cm³/mol. The monoisotopic (exact) mass is 496 g/mol. The number of carboxylic acid groups (broad SMARTS) is 1. The molecule has 34 heavy (non-hydrogen) atoms. The van der Waals surface area contributed by atoms with Crippen LogP contribution < -0.4 is 10.6 Å². The summed E-state index contributed by atoms with van der Waals surface area (Å²) in [4.78, 5) is 36.1. The number of hydrogen-bond acceptors (Lipinski definition) is 4. The highest BCUT2D eigenvalue weighted by atomic mass is 35.5. The van der Waals surface area contributed by atoms with Gasteiger partial charge in [0.05, 0.1) is 22.8 Å². The molecule has 0 bridgehead atoms. The molecule has 2 amide bonds. The first-order valence-electron chi connectivity index (χ1n) is 10.5. The van der Waals surface area contributed by atoms with Gasteiger partial charge in [0.1, 0.15) is 0 Å². The largest absolute Gasteiger partial charge is 0.478 e. The standard InChI is InChI=1S/C26H25ClN2O4S/c1-15-8-16(2)10-19(9-15)18-5-4-17(3)23(11-18)29-25(31)14-34-13-24(30)28-22-7-6-20(27)12-21(22)26(32)33/h4-12H,13-14H2,1-3H3,(H,28,30)(H,29,31)(H,32,33). The van der Waals surface area contributed by atoms with E-state index in [1.165, 1.54) is 29.3 Å². The van der Waals surface area contributed by atoms with Crippen LogP contribution in [0, 0.1) is 20.8 Å². The summed E-state index contributed by atoms with van der Waals surface area (Å²) in [7, 11) is 0. The topological polar surface area (TPSA) is 95.5 Å². The van der Waals surface area contributed by atoms with E-state index in [1.807, 2.05) is 25.1 Å². The summed E-state index contributed by atoms with van der Waals surface area (Å²) in [5.41, 5.74) is 6.16. The molecule has 0 atom stereocenters. The number of aryl methyl sites for hydroxylation is 3. The van der Waals surface area contributed by atoms with Crippen LogP contribution >= 0.6 is 23.4 Å². The first-order chi connectivity index (χ1) is 16.1. The number of carbonyl (C=O) groups is 3. The van der Waals surface area contributed by atoms with E-state index in [0.717, 1.165) is 34.1 Å². The summed E-state index contributed by atoms with van der Waals surface area (Å²) < 4.78 is 0. The summed E-state index contributed by atoms with van der Waals surface area (Å²) in [6.45, 7) is 6.03. The predicted octanol–water partition coefficient (Wildman–Crippen LogP) is 5.94. The van der Waals surface area contributed by atoms with Crippen molar-refractivity contribution in [2.45, 2.75) is 20.8 Å². The van der Waals surface area contributed by atoms with Gasteiger partial charge in [0, 0.05) is 10.7 Å². The lowest BCUT2D eigenvalue weighted by Crippen LogP contribution is -2.19. The van der Waals surface area contributed by atoms with Gasteiger partial charge in [-0.05, 0) is 61.7 Å². The number of anilines is 2. The first kappa shape index (κ1) is 25.3. The molecule has 0 radical (unpaired) electrons. The Hall–Kier alpha value is -3.29. The van der Waals surface area contributed by atoms with E-state index in [0.29, 0.717) is 0 Å². The third-order valence-electron chi connectivity index (χ3n) is 5.02. The van der Waals surface area contributed by atoms with Crippen molar-refractivity contribution in [3.8, 4) is 11.1 Å². The molecule has 3 aromatic rings. The summed E-state index contributed by atoms with van der Waals surface area (Å²) in [5, 5.41) is 15.0. The van der Waals surface area contributed by atoms with Crippen LogP contribution in [0.3, 0.4) is 0 Å². The minimum atomic E-state index is -1.19. The molecule has 3 N–H and O–H groups in total. The molecule has 6 nitrogen and oxygen atoms in total. The van der Waals surface area contributed by atoms with Crippen LogP contribution in [0.25, 0.3) is 11.1 Å². The van der Waals surface area contributed by atoms with Crippen LogP contribution in [-0.2, 0) is 9.59 Å². The molecule has 0 saturated heterocycles. The van der Waals surface area contributed by atoms with Gasteiger partial charge in [-0.15, -0.1) is 11.8 Å². The maximum Gasteiger partial charge on any atom is 0.337 e. The van der Waals surface area contributed by atoms with Crippen molar-refractivity contribution in [2.24, 2.45) is 0 Å². The smallest absolute Gasteiger partial charge is 0.337 e. The molecule has 0 aliphatic carbocycles. The van der Waals surface area contributed by atoms with Gasteiger partial charge < -0.3 is 15.7 Å². The molecule has 176 valence electrons. The Morgan fingerprint density at radius 2 is 1.41 bits per heavy atom. The van der Waals surface area contributed by atoms with E-state index in [4.69, 9.17) is 11.6 Å². The van der Waals surface area contributed by atoms with Gasteiger partial charge in [-0.3, -0.25) is 9.59 Å². The second-order valence-corrected chi connectivity index (χ2v) is 9.41. The number of carbonyl (C=O) groups excluding carboxylic acids is 2. The average molecular weight is 497 g/mol. The number of aromatic carboxylic acids is 1. The van der Waals surface area contributed by atoms with Crippen LogP contribution in [0.1, 0.15) is 27.0 Å². The lowest BCUT2D eigenvalue weighted by Gasteiger charge is -2.12. The lowest BCUT2D eigenvalue weighted by atomic mass is 9.99. The minimum Gasteiger partial charge on any atom is -0.478 e. The number of carboxylic acids is 1. The molecule has 0 unspecified atom stereocenters.